The van der Waals surface area contributed by atoms with Gasteiger partial charge >= 0.3 is 5.97 Å². The predicted molar refractivity (Wildman–Crippen MR) is 121 cm³/mol. The number of ether oxygens (including phenoxy) is 3. The molecule has 0 unspecified atom stereocenters. The van der Waals surface area contributed by atoms with Gasteiger partial charge in [-0.3, -0.25) is 0 Å². The first-order valence-electron chi connectivity index (χ1n) is 10.0. The van der Waals surface area contributed by atoms with Crippen molar-refractivity contribution in [2.75, 3.05) is 20.3 Å². The molecular formula is C25H25ClO5. The lowest BCUT2D eigenvalue weighted by Gasteiger charge is -2.13. The van der Waals surface area contributed by atoms with Gasteiger partial charge in [0.15, 0.2) is 6.10 Å². The van der Waals surface area contributed by atoms with E-state index in [4.69, 9.17) is 30.9 Å². The third-order valence-corrected chi connectivity index (χ3v) is 5.05. The summed E-state index contributed by atoms with van der Waals surface area (Å²) in [6, 6.07) is 23.4. The third-order valence-electron chi connectivity index (χ3n) is 4.75. The van der Waals surface area contributed by atoms with E-state index < -0.39 is 12.1 Å². The number of halogens is 1. The lowest BCUT2D eigenvalue weighted by Crippen LogP contribution is -2.24. The number of methoxy groups -OCH3 is 1. The van der Waals surface area contributed by atoms with Gasteiger partial charge in [0.25, 0.3) is 0 Å². The molecule has 3 aromatic carbocycles. The third kappa shape index (κ3) is 6.74. The molecule has 6 heteroatoms. The Kier molecular flexibility index (Phi) is 8.33. The highest BCUT2D eigenvalue weighted by Gasteiger charge is 2.17. The van der Waals surface area contributed by atoms with E-state index in [9.17, 15) is 4.79 Å². The Bertz CT molecular complexity index is 973. The van der Waals surface area contributed by atoms with Crippen molar-refractivity contribution in [2.45, 2.75) is 18.9 Å². The van der Waals surface area contributed by atoms with Crippen LogP contribution in [0.2, 0.25) is 5.02 Å². The minimum Gasteiger partial charge on any atom is -0.493 e. The summed E-state index contributed by atoms with van der Waals surface area (Å²) in [4.78, 5) is 11.1. The average Bonchev–Trinajstić information content (AvgIpc) is 2.79. The molecule has 0 fully saturated rings. The Morgan fingerprint density at radius 1 is 0.935 bits per heavy atom. The normalized spacial score (nSPS) is 11.7. The number of hydrogen-bond donors (Lipinski definition) is 1. The topological polar surface area (TPSA) is 65.0 Å². The van der Waals surface area contributed by atoms with Crippen molar-refractivity contribution in [1.29, 1.82) is 0 Å². The Morgan fingerprint density at radius 3 is 2.26 bits per heavy atom. The van der Waals surface area contributed by atoms with Crippen molar-refractivity contribution in [2.24, 2.45) is 0 Å². The molecule has 3 rings (SSSR count). The Balaban J connectivity index is 1.42. The molecule has 0 aliphatic carbocycles. The molecule has 162 valence electrons. The molecule has 1 N–H and O–H groups in total. The molecular weight excluding hydrogens is 416 g/mol. The maximum absolute atomic E-state index is 11.1. The van der Waals surface area contributed by atoms with Crippen molar-refractivity contribution in [3.8, 4) is 22.6 Å². The lowest BCUT2D eigenvalue weighted by atomic mass is 10.1. The minimum atomic E-state index is -1.01. The average molecular weight is 441 g/mol. The van der Waals surface area contributed by atoms with E-state index in [1.807, 2.05) is 42.5 Å². The van der Waals surface area contributed by atoms with E-state index in [0.717, 1.165) is 16.9 Å². The van der Waals surface area contributed by atoms with Crippen LogP contribution < -0.4 is 9.47 Å². The monoisotopic (exact) mass is 440 g/mol. The SMILES string of the molecule is CO[C@@H](Cc1ccc(OCCCOc2ccc(-c3ccccc3)cc2)c(Cl)c1)C(=O)O. The maximum Gasteiger partial charge on any atom is 0.333 e. The molecule has 5 nitrogen and oxygen atoms in total. The maximum atomic E-state index is 11.1. The number of hydrogen-bond acceptors (Lipinski definition) is 4. The van der Waals surface area contributed by atoms with Crippen LogP contribution in [0.1, 0.15) is 12.0 Å². The van der Waals surface area contributed by atoms with Gasteiger partial charge in [-0.2, -0.15) is 0 Å². The van der Waals surface area contributed by atoms with Crippen molar-refractivity contribution < 1.29 is 24.1 Å². The van der Waals surface area contributed by atoms with E-state index in [0.29, 0.717) is 30.4 Å². The second-order valence-corrected chi connectivity index (χ2v) is 7.38. The Labute approximate surface area is 187 Å². The van der Waals surface area contributed by atoms with Crippen molar-refractivity contribution in [1.82, 2.24) is 0 Å². The number of benzene rings is 3. The van der Waals surface area contributed by atoms with Crippen molar-refractivity contribution in [3.63, 3.8) is 0 Å². The van der Waals surface area contributed by atoms with Crippen LogP contribution in [0.3, 0.4) is 0 Å². The molecule has 1 atom stereocenters. The van der Waals surface area contributed by atoms with Crippen LogP contribution in [0.5, 0.6) is 11.5 Å². The molecule has 0 aliphatic rings. The number of rotatable bonds is 11. The van der Waals surface area contributed by atoms with Crippen molar-refractivity contribution in [3.05, 3.63) is 83.4 Å². The Hall–Kier alpha value is -3.02. The summed E-state index contributed by atoms with van der Waals surface area (Å²) >= 11 is 6.27. The molecule has 3 aromatic rings. The van der Waals surface area contributed by atoms with Crippen LogP contribution in [-0.2, 0) is 16.0 Å². The summed E-state index contributed by atoms with van der Waals surface area (Å²) < 4.78 is 16.5. The van der Waals surface area contributed by atoms with Gasteiger partial charge in [0.1, 0.15) is 11.5 Å². The summed E-state index contributed by atoms with van der Waals surface area (Å²) in [5.74, 6) is 0.365. The van der Waals surface area contributed by atoms with Crippen LogP contribution in [0, 0.1) is 0 Å². The fraction of sp³-hybridized carbons (Fsp3) is 0.240. The zero-order valence-corrected chi connectivity index (χ0v) is 18.0. The van der Waals surface area contributed by atoms with Crippen LogP contribution in [0.15, 0.2) is 72.8 Å². The highest BCUT2D eigenvalue weighted by Crippen LogP contribution is 2.26. The predicted octanol–water partition coefficient (Wildman–Crippen LogP) is 5.50. The van der Waals surface area contributed by atoms with Crippen LogP contribution in [-0.4, -0.2) is 37.5 Å². The fourth-order valence-corrected chi connectivity index (χ4v) is 3.34. The highest BCUT2D eigenvalue weighted by molar-refractivity contribution is 6.32. The largest absolute Gasteiger partial charge is 0.493 e. The molecule has 0 aliphatic heterocycles. The van der Waals surface area contributed by atoms with Gasteiger partial charge in [0.2, 0.25) is 0 Å². The van der Waals surface area contributed by atoms with E-state index in [1.54, 1.807) is 18.2 Å². The van der Waals surface area contributed by atoms with Gasteiger partial charge in [-0.25, -0.2) is 4.79 Å². The van der Waals surface area contributed by atoms with Gasteiger partial charge in [-0.1, -0.05) is 60.1 Å². The second kappa shape index (κ2) is 11.4. The van der Waals surface area contributed by atoms with Gasteiger partial charge in [0, 0.05) is 20.0 Å². The van der Waals surface area contributed by atoms with E-state index in [-0.39, 0.29) is 6.42 Å². The molecule has 0 saturated carbocycles. The summed E-state index contributed by atoms with van der Waals surface area (Å²) in [6.45, 7) is 0.978. The van der Waals surface area contributed by atoms with Crippen LogP contribution in [0.25, 0.3) is 11.1 Å². The lowest BCUT2D eigenvalue weighted by molar-refractivity contribution is -0.148. The molecule has 0 spiro atoms. The first kappa shape index (κ1) is 22.7. The quantitative estimate of drug-likeness (QED) is 0.399. The summed E-state index contributed by atoms with van der Waals surface area (Å²) in [6.07, 6.45) is 0.0354. The molecule has 0 amide bonds. The highest BCUT2D eigenvalue weighted by atomic mass is 35.5. The zero-order valence-electron chi connectivity index (χ0n) is 17.3. The molecule has 0 radical (unpaired) electrons. The summed E-state index contributed by atoms with van der Waals surface area (Å²) in [5.41, 5.74) is 3.09. The summed E-state index contributed by atoms with van der Waals surface area (Å²) in [7, 11) is 1.37. The number of aliphatic carboxylic acids is 1. The molecule has 0 saturated heterocycles. The Morgan fingerprint density at radius 2 is 1.61 bits per heavy atom. The van der Waals surface area contributed by atoms with Crippen LogP contribution in [0.4, 0.5) is 0 Å². The summed E-state index contributed by atoms with van der Waals surface area (Å²) in [5, 5.41) is 9.52. The zero-order chi connectivity index (χ0) is 22.1. The van der Waals surface area contributed by atoms with Crippen molar-refractivity contribution >= 4 is 17.6 Å². The fourth-order valence-electron chi connectivity index (χ4n) is 3.08. The van der Waals surface area contributed by atoms with Gasteiger partial charge in [0.05, 0.1) is 18.2 Å². The van der Waals surface area contributed by atoms with Gasteiger partial charge in [-0.15, -0.1) is 0 Å². The van der Waals surface area contributed by atoms with E-state index in [2.05, 4.69) is 12.1 Å². The molecule has 0 aromatic heterocycles. The van der Waals surface area contributed by atoms with Gasteiger partial charge < -0.3 is 19.3 Å². The molecule has 0 heterocycles. The number of carboxylic acids is 1. The number of carboxylic acid groups (broad SMARTS) is 1. The smallest absolute Gasteiger partial charge is 0.333 e. The molecule has 31 heavy (non-hydrogen) atoms. The van der Waals surface area contributed by atoms with E-state index >= 15 is 0 Å². The minimum absolute atomic E-state index is 0.239. The number of carbonyl (C=O) groups is 1. The van der Waals surface area contributed by atoms with Crippen LogP contribution >= 0.6 is 11.6 Å². The second-order valence-electron chi connectivity index (χ2n) is 6.97. The molecule has 0 bridgehead atoms. The standard InChI is InChI=1S/C25H25ClO5/c1-29-24(25(27)28)17-18-8-13-23(22(26)16-18)31-15-5-14-30-21-11-9-20(10-12-21)19-6-3-2-4-7-19/h2-4,6-13,16,24H,5,14-15,17H2,1H3,(H,27,28)/t24-/m0/s1. The first-order valence-corrected chi connectivity index (χ1v) is 10.4. The first-order chi connectivity index (χ1) is 15.1. The van der Waals surface area contributed by atoms with E-state index in [1.165, 1.54) is 12.7 Å². The van der Waals surface area contributed by atoms with Gasteiger partial charge in [-0.05, 0) is 41.0 Å².